The molecule has 0 bridgehead atoms. The minimum Gasteiger partial charge on any atom is -0.376 e. The summed E-state index contributed by atoms with van der Waals surface area (Å²) in [7, 11) is 1.75. The van der Waals surface area contributed by atoms with Gasteiger partial charge in [-0.3, -0.25) is 4.79 Å². The molecule has 0 aromatic carbocycles. The van der Waals surface area contributed by atoms with Crippen LogP contribution in [0.15, 0.2) is 0 Å². The van der Waals surface area contributed by atoms with Crippen molar-refractivity contribution < 1.29 is 9.53 Å². The van der Waals surface area contributed by atoms with Crippen LogP contribution in [-0.4, -0.2) is 47.3 Å². The van der Waals surface area contributed by atoms with Crippen LogP contribution < -0.4 is 5.73 Å². The van der Waals surface area contributed by atoms with E-state index in [4.69, 9.17) is 10.5 Å². The quantitative estimate of drug-likeness (QED) is 0.863. The topological polar surface area (TPSA) is 81.3 Å². The van der Waals surface area contributed by atoms with Gasteiger partial charge < -0.3 is 15.4 Å². The van der Waals surface area contributed by atoms with Gasteiger partial charge in [-0.25, -0.2) is 0 Å². The van der Waals surface area contributed by atoms with Crippen molar-refractivity contribution in [2.45, 2.75) is 25.4 Å². The molecule has 0 aliphatic carbocycles. The number of amides is 1. The Kier molecular flexibility index (Phi) is 3.90. The van der Waals surface area contributed by atoms with Gasteiger partial charge in [0.05, 0.1) is 6.10 Å². The highest BCUT2D eigenvalue weighted by atomic mass is 32.1. The molecule has 1 atom stereocenters. The van der Waals surface area contributed by atoms with E-state index in [9.17, 15) is 4.79 Å². The van der Waals surface area contributed by atoms with Gasteiger partial charge in [0.2, 0.25) is 10.1 Å². The summed E-state index contributed by atoms with van der Waals surface area (Å²) in [5, 5.41) is 8.03. The number of nitrogens with two attached hydrogens (primary N) is 1. The standard InChI is InChI=1S/C10H16N4O2S/c1-14(6-7-4-2-3-5-16-7)9(15)8-12-13-10(11)17-8/h7H,2-6H2,1H3,(H2,11,13). The Hall–Kier alpha value is -1.21. The lowest BCUT2D eigenvalue weighted by Crippen LogP contribution is -2.37. The monoisotopic (exact) mass is 256 g/mol. The molecule has 1 aromatic rings. The maximum atomic E-state index is 12.0. The highest BCUT2D eigenvalue weighted by Crippen LogP contribution is 2.16. The van der Waals surface area contributed by atoms with Gasteiger partial charge in [-0.05, 0) is 19.3 Å². The molecule has 0 radical (unpaired) electrons. The number of carbonyl (C=O) groups is 1. The van der Waals surface area contributed by atoms with Crippen LogP contribution in [0, 0.1) is 0 Å². The number of nitrogens with zero attached hydrogens (tertiary/aromatic N) is 3. The van der Waals surface area contributed by atoms with Crippen LogP contribution in [0.25, 0.3) is 0 Å². The number of hydrogen-bond acceptors (Lipinski definition) is 6. The van der Waals surface area contributed by atoms with Crippen LogP contribution in [0.1, 0.15) is 29.1 Å². The number of nitrogen functional groups attached to an aromatic ring is 1. The molecule has 2 rings (SSSR count). The summed E-state index contributed by atoms with van der Waals surface area (Å²) in [6, 6.07) is 0. The third kappa shape index (κ3) is 3.13. The highest BCUT2D eigenvalue weighted by Gasteiger charge is 2.21. The smallest absolute Gasteiger partial charge is 0.284 e. The lowest BCUT2D eigenvalue weighted by Gasteiger charge is -2.26. The Balaban J connectivity index is 1.90. The molecular weight excluding hydrogens is 240 g/mol. The molecule has 1 aromatic heterocycles. The minimum absolute atomic E-state index is 0.142. The van der Waals surface area contributed by atoms with Gasteiger partial charge >= 0.3 is 0 Å². The zero-order valence-corrected chi connectivity index (χ0v) is 10.6. The summed E-state index contributed by atoms with van der Waals surface area (Å²) >= 11 is 1.11. The molecule has 1 aliphatic heterocycles. The molecular formula is C10H16N4O2S. The second-order valence-electron chi connectivity index (χ2n) is 4.12. The van der Waals surface area contributed by atoms with Gasteiger partial charge in [0, 0.05) is 20.2 Å². The van der Waals surface area contributed by atoms with Gasteiger partial charge in [0.1, 0.15) is 0 Å². The molecule has 0 spiro atoms. The summed E-state index contributed by atoms with van der Waals surface area (Å²) in [5.74, 6) is -0.145. The number of aromatic nitrogens is 2. The molecule has 1 aliphatic rings. The molecule has 7 heteroatoms. The molecule has 1 saturated heterocycles. The Morgan fingerprint density at radius 3 is 3.00 bits per heavy atom. The minimum atomic E-state index is -0.145. The molecule has 1 fully saturated rings. The number of ether oxygens (including phenoxy) is 1. The van der Waals surface area contributed by atoms with Gasteiger partial charge in [0.25, 0.3) is 5.91 Å². The van der Waals surface area contributed by atoms with Crippen LogP contribution in [-0.2, 0) is 4.74 Å². The van der Waals surface area contributed by atoms with E-state index >= 15 is 0 Å². The van der Waals surface area contributed by atoms with Crippen molar-refractivity contribution in [3.05, 3.63) is 5.01 Å². The number of hydrogen-bond donors (Lipinski definition) is 1. The average molecular weight is 256 g/mol. The van der Waals surface area contributed by atoms with E-state index < -0.39 is 0 Å². The molecule has 1 amide bonds. The fourth-order valence-electron chi connectivity index (χ4n) is 1.82. The molecule has 17 heavy (non-hydrogen) atoms. The summed E-state index contributed by atoms with van der Waals surface area (Å²) < 4.78 is 5.59. The molecule has 2 heterocycles. The molecule has 0 saturated carbocycles. The summed E-state index contributed by atoms with van der Waals surface area (Å²) in [6.45, 7) is 1.39. The van der Waals surface area contributed by atoms with E-state index in [1.54, 1.807) is 11.9 Å². The first-order valence-electron chi connectivity index (χ1n) is 5.63. The molecule has 6 nitrogen and oxygen atoms in total. The zero-order chi connectivity index (χ0) is 12.3. The van der Waals surface area contributed by atoms with E-state index in [0.29, 0.717) is 16.7 Å². The van der Waals surface area contributed by atoms with Crippen molar-refractivity contribution in [1.29, 1.82) is 0 Å². The van der Waals surface area contributed by atoms with Crippen molar-refractivity contribution in [3.8, 4) is 0 Å². The fraction of sp³-hybridized carbons (Fsp3) is 0.700. The van der Waals surface area contributed by atoms with Crippen LogP contribution in [0.2, 0.25) is 0 Å². The van der Waals surface area contributed by atoms with Crippen molar-refractivity contribution in [1.82, 2.24) is 15.1 Å². The maximum Gasteiger partial charge on any atom is 0.284 e. The van der Waals surface area contributed by atoms with Gasteiger partial charge in [-0.1, -0.05) is 11.3 Å². The first-order valence-corrected chi connectivity index (χ1v) is 6.44. The average Bonchev–Trinajstić information content (AvgIpc) is 2.76. The Morgan fingerprint density at radius 2 is 2.41 bits per heavy atom. The first kappa shape index (κ1) is 12.3. The molecule has 2 N–H and O–H groups in total. The highest BCUT2D eigenvalue weighted by molar-refractivity contribution is 7.16. The number of carbonyl (C=O) groups excluding carboxylic acids is 1. The van der Waals surface area contributed by atoms with Crippen molar-refractivity contribution >= 4 is 22.4 Å². The van der Waals surface area contributed by atoms with Crippen LogP contribution >= 0.6 is 11.3 Å². The van der Waals surface area contributed by atoms with E-state index in [0.717, 1.165) is 30.8 Å². The third-order valence-electron chi connectivity index (χ3n) is 2.72. The van der Waals surface area contributed by atoms with Crippen LogP contribution in [0.3, 0.4) is 0 Å². The fourth-order valence-corrected chi connectivity index (χ4v) is 2.43. The van der Waals surface area contributed by atoms with Crippen LogP contribution in [0.5, 0.6) is 0 Å². The Morgan fingerprint density at radius 1 is 1.59 bits per heavy atom. The molecule has 1 unspecified atom stereocenters. The second-order valence-corrected chi connectivity index (χ2v) is 5.13. The van der Waals surface area contributed by atoms with E-state index in [1.807, 2.05) is 0 Å². The predicted octanol–water partition coefficient (Wildman–Crippen LogP) is 0.761. The van der Waals surface area contributed by atoms with Crippen molar-refractivity contribution in [2.24, 2.45) is 0 Å². The second kappa shape index (κ2) is 5.42. The van der Waals surface area contributed by atoms with E-state index in [-0.39, 0.29) is 12.0 Å². The predicted molar refractivity (Wildman–Crippen MR) is 64.9 cm³/mol. The van der Waals surface area contributed by atoms with E-state index in [2.05, 4.69) is 10.2 Å². The van der Waals surface area contributed by atoms with Crippen molar-refractivity contribution in [3.63, 3.8) is 0 Å². The third-order valence-corrected chi connectivity index (χ3v) is 3.46. The number of rotatable bonds is 3. The lowest BCUT2D eigenvalue weighted by molar-refractivity contribution is -0.000206. The van der Waals surface area contributed by atoms with Crippen LogP contribution in [0.4, 0.5) is 5.13 Å². The Bertz CT molecular complexity index is 389. The zero-order valence-electron chi connectivity index (χ0n) is 9.76. The van der Waals surface area contributed by atoms with Gasteiger partial charge in [-0.2, -0.15) is 0 Å². The van der Waals surface area contributed by atoms with Gasteiger partial charge in [-0.15, -0.1) is 10.2 Å². The first-order chi connectivity index (χ1) is 8.16. The van der Waals surface area contributed by atoms with Gasteiger partial charge in [0.15, 0.2) is 0 Å². The number of likely N-dealkylation sites (N-methyl/N-ethyl adjacent to an activating group) is 1. The number of anilines is 1. The SMILES string of the molecule is CN(CC1CCCCO1)C(=O)c1nnc(N)s1. The molecule has 94 valence electrons. The summed E-state index contributed by atoms with van der Waals surface area (Å²) in [6.07, 6.45) is 3.43. The van der Waals surface area contributed by atoms with E-state index in [1.165, 1.54) is 6.42 Å². The van der Waals surface area contributed by atoms with Crippen molar-refractivity contribution in [2.75, 3.05) is 25.9 Å². The summed E-state index contributed by atoms with van der Waals surface area (Å²) in [4.78, 5) is 13.6. The lowest BCUT2D eigenvalue weighted by atomic mass is 10.1. The largest absolute Gasteiger partial charge is 0.376 e. The Labute approximate surface area is 104 Å². The maximum absolute atomic E-state index is 12.0. The summed E-state index contributed by atoms with van der Waals surface area (Å²) in [5.41, 5.74) is 5.45. The normalized spacial score (nSPS) is 20.2.